The summed E-state index contributed by atoms with van der Waals surface area (Å²) < 4.78 is 13.1. The average molecular weight is 261 g/mol. The molecule has 0 fully saturated rings. The van der Waals surface area contributed by atoms with Crippen LogP contribution in [0.1, 0.15) is 11.4 Å². The lowest BCUT2D eigenvalue weighted by atomic mass is 10.2. The number of halogens is 1. The summed E-state index contributed by atoms with van der Waals surface area (Å²) in [6.07, 6.45) is 0. The molecule has 100 valence electrons. The van der Waals surface area contributed by atoms with Gasteiger partial charge in [-0.05, 0) is 24.6 Å². The van der Waals surface area contributed by atoms with Gasteiger partial charge in [0, 0.05) is 19.7 Å². The second-order valence-electron chi connectivity index (χ2n) is 4.29. The molecule has 6 heteroatoms. The number of anilines is 2. The highest BCUT2D eigenvalue weighted by Gasteiger charge is 2.07. The number of aromatic nitrogens is 2. The largest absolute Gasteiger partial charge is 0.355 e. The molecule has 0 aliphatic rings. The van der Waals surface area contributed by atoms with E-state index in [2.05, 4.69) is 15.4 Å². The molecule has 19 heavy (non-hydrogen) atoms. The van der Waals surface area contributed by atoms with Crippen LogP contribution in [0.4, 0.5) is 16.0 Å². The predicted octanol–water partition coefficient (Wildman–Crippen LogP) is 1.85. The molecule has 0 aliphatic carbocycles. The average Bonchev–Trinajstić information content (AvgIpc) is 2.38. The summed E-state index contributed by atoms with van der Waals surface area (Å²) in [6, 6.07) is 8.24. The predicted molar refractivity (Wildman–Crippen MR) is 73.1 cm³/mol. The summed E-state index contributed by atoms with van der Waals surface area (Å²) in [6.45, 7) is 2.35. The Morgan fingerprint density at radius 1 is 1.32 bits per heavy atom. The van der Waals surface area contributed by atoms with Crippen molar-refractivity contribution in [3.05, 3.63) is 47.5 Å². The molecular formula is C13H16FN5. The Labute approximate surface area is 111 Å². The number of benzene rings is 1. The van der Waals surface area contributed by atoms with Crippen LogP contribution in [-0.4, -0.2) is 17.0 Å². The molecule has 0 aliphatic heterocycles. The maximum atomic E-state index is 13.1. The van der Waals surface area contributed by atoms with E-state index in [4.69, 9.17) is 5.84 Å². The minimum atomic E-state index is -0.242. The summed E-state index contributed by atoms with van der Waals surface area (Å²) in [7, 11) is 1.88. The Morgan fingerprint density at radius 3 is 2.79 bits per heavy atom. The van der Waals surface area contributed by atoms with Crippen molar-refractivity contribution in [2.24, 2.45) is 5.84 Å². The van der Waals surface area contributed by atoms with Gasteiger partial charge >= 0.3 is 0 Å². The number of nitrogens with one attached hydrogen (secondary N) is 1. The molecule has 0 saturated carbocycles. The van der Waals surface area contributed by atoms with E-state index < -0.39 is 0 Å². The van der Waals surface area contributed by atoms with Crippen molar-refractivity contribution >= 4 is 11.6 Å². The molecule has 0 atom stereocenters. The van der Waals surface area contributed by atoms with E-state index in [1.165, 1.54) is 12.1 Å². The quantitative estimate of drug-likeness (QED) is 0.649. The molecule has 0 amide bonds. The van der Waals surface area contributed by atoms with E-state index in [0.717, 1.165) is 11.4 Å². The summed E-state index contributed by atoms with van der Waals surface area (Å²) in [4.78, 5) is 10.4. The van der Waals surface area contributed by atoms with Crippen LogP contribution in [0, 0.1) is 12.7 Å². The van der Waals surface area contributed by atoms with Gasteiger partial charge in [0.25, 0.3) is 0 Å². The van der Waals surface area contributed by atoms with Crippen molar-refractivity contribution in [1.82, 2.24) is 9.97 Å². The van der Waals surface area contributed by atoms with Crippen LogP contribution in [0.5, 0.6) is 0 Å². The molecule has 0 spiro atoms. The summed E-state index contributed by atoms with van der Waals surface area (Å²) >= 11 is 0. The van der Waals surface area contributed by atoms with Crippen LogP contribution in [-0.2, 0) is 6.54 Å². The van der Waals surface area contributed by atoms with Gasteiger partial charge in [-0.15, -0.1) is 0 Å². The number of hydrogen-bond donors (Lipinski definition) is 2. The highest BCUT2D eigenvalue weighted by molar-refractivity contribution is 5.48. The fraction of sp³-hybridized carbons (Fsp3) is 0.231. The third kappa shape index (κ3) is 3.38. The molecular weight excluding hydrogens is 245 g/mol. The minimum Gasteiger partial charge on any atom is -0.355 e. The van der Waals surface area contributed by atoms with E-state index in [-0.39, 0.29) is 5.82 Å². The van der Waals surface area contributed by atoms with E-state index in [1.54, 1.807) is 19.1 Å². The highest BCUT2D eigenvalue weighted by atomic mass is 19.1. The molecule has 2 rings (SSSR count). The molecule has 2 aromatic rings. The lowest BCUT2D eigenvalue weighted by Gasteiger charge is -2.19. The molecule has 1 aromatic carbocycles. The number of rotatable bonds is 4. The number of hydrazine groups is 1. The normalized spacial score (nSPS) is 10.3. The zero-order valence-corrected chi connectivity index (χ0v) is 10.9. The molecule has 0 bridgehead atoms. The maximum Gasteiger partial charge on any atom is 0.145 e. The van der Waals surface area contributed by atoms with E-state index in [1.807, 2.05) is 18.0 Å². The smallest absolute Gasteiger partial charge is 0.145 e. The Morgan fingerprint density at radius 2 is 2.11 bits per heavy atom. The SMILES string of the molecule is Cc1nc(NN)cc(N(C)Cc2cccc(F)c2)n1. The van der Waals surface area contributed by atoms with Gasteiger partial charge in [0.15, 0.2) is 0 Å². The second-order valence-corrected chi connectivity index (χ2v) is 4.29. The van der Waals surface area contributed by atoms with Gasteiger partial charge in [0.1, 0.15) is 23.3 Å². The molecule has 5 nitrogen and oxygen atoms in total. The van der Waals surface area contributed by atoms with E-state index in [0.29, 0.717) is 18.2 Å². The van der Waals surface area contributed by atoms with Crippen LogP contribution in [0.15, 0.2) is 30.3 Å². The van der Waals surface area contributed by atoms with Crippen molar-refractivity contribution in [2.75, 3.05) is 17.4 Å². The third-order valence-electron chi connectivity index (χ3n) is 2.67. The number of nitrogens with two attached hydrogens (primary N) is 1. The van der Waals surface area contributed by atoms with Gasteiger partial charge in [-0.25, -0.2) is 20.2 Å². The molecule has 0 radical (unpaired) electrons. The van der Waals surface area contributed by atoms with Crippen LogP contribution in [0.3, 0.4) is 0 Å². The molecule has 0 saturated heterocycles. The van der Waals surface area contributed by atoms with Crippen LogP contribution < -0.4 is 16.2 Å². The monoisotopic (exact) mass is 261 g/mol. The van der Waals surface area contributed by atoms with Gasteiger partial charge in [0.2, 0.25) is 0 Å². The highest BCUT2D eigenvalue weighted by Crippen LogP contribution is 2.16. The molecule has 1 heterocycles. The summed E-state index contributed by atoms with van der Waals surface area (Å²) in [5.41, 5.74) is 3.37. The first kappa shape index (κ1) is 13.2. The van der Waals surface area contributed by atoms with Gasteiger partial charge < -0.3 is 10.3 Å². The lowest BCUT2D eigenvalue weighted by Crippen LogP contribution is -2.19. The van der Waals surface area contributed by atoms with Crippen molar-refractivity contribution in [3.63, 3.8) is 0 Å². The summed E-state index contributed by atoms with van der Waals surface area (Å²) in [5.74, 6) is 7.01. The number of hydrogen-bond acceptors (Lipinski definition) is 5. The van der Waals surface area contributed by atoms with Crippen molar-refractivity contribution in [2.45, 2.75) is 13.5 Å². The molecule has 1 aromatic heterocycles. The zero-order chi connectivity index (χ0) is 13.8. The Bertz CT molecular complexity index is 573. The molecule has 3 N–H and O–H groups in total. The first-order chi connectivity index (χ1) is 9.08. The number of aryl methyl sites for hydroxylation is 1. The lowest BCUT2D eigenvalue weighted by molar-refractivity contribution is 0.625. The van der Waals surface area contributed by atoms with Crippen molar-refractivity contribution in [3.8, 4) is 0 Å². The Balaban J connectivity index is 2.20. The summed E-state index contributed by atoms with van der Waals surface area (Å²) in [5, 5.41) is 0. The fourth-order valence-corrected chi connectivity index (χ4v) is 1.81. The van der Waals surface area contributed by atoms with Crippen molar-refractivity contribution in [1.29, 1.82) is 0 Å². The first-order valence-corrected chi connectivity index (χ1v) is 5.86. The second kappa shape index (κ2) is 5.62. The van der Waals surface area contributed by atoms with Gasteiger partial charge in [-0.1, -0.05) is 12.1 Å². The third-order valence-corrected chi connectivity index (χ3v) is 2.67. The number of nitrogen functional groups attached to an aromatic ring is 1. The minimum absolute atomic E-state index is 0.242. The number of nitrogens with zero attached hydrogens (tertiary/aromatic N) is 3. The van der Waals surface area contributed by atoms with Gasteiger partial charge in [-0.2, -0.15) is 0 Å². The van der Waals surface area contributed by atoms with Crippen LogP contribution in [0.25, 0.3) is 0 Å². The Kier molecular flexibility index (Phi) is 3.91. The topological polar surface area (TPSA) is 67.1 Å². The fourth-order valence-electron chi connectivity index (χ4n) is 1.81. The first-order valence-electron chi connectivity index (χ1n) is 5.86. The van der Waals surface area contributed by atoms with E-state index in [9.17, 15) is 4.39 Å². The van der Waals surface area contributed by atoms with Crippen molar-refractivity contribution < 1.29 is 4.39 Å². The van der Waals surface area contributed by atoms with Crippen LogP contribution >= 0.6 is 0 Å². The van der Waals surface area contributed by atoms with Crippen LogP contribution in [0.2, 0.25) is 0 Å². The standard InChI is InChI=1S/C13H16FN5/c1-9-16-12(18-15)7-13(17-9)19(2)8-10-4-3-5-11(14)6-10/h3-7H,8,15H2,1-2H3,(H,16,17,18). The van der Waals surface area contributed by atoms with Gasteiger partial charge in [-0.3, -0.25) is 0 Å². The van der Waals surface area contributed by atoms with E-state index >= 15 is 0 Å². The Hall–Kier alpha value is -2.21. The maximum absolute atomic E-state index is 13.1. The molecule has 0 unspecified atom stereocenters. The van der Waals surface area contributed by atoms with Gasteiger partial charge in [0.05, 0.1) is 0 Å². The zero-order valence-electron chi connectivity index (χ0n) is 10.9.